The molecule has 0 aliphatic carbocycles. The van der Waals surface area contributed by atoms with Crippen LogP contribution in [0.5, 0.6) is 0 Å². The minimum absolute atomic E-state index is 0.870. The van der Waals surface area contributed by atoms with Gasteiger partial charge in [0.15, 0.2) is 0 Å². The average molecular weight is 467 g/mol. The van der Waals surface area contributed by atoms with Crippen LogP contribution in [0.25, 0.3) is 0 Å². The van der Waals surface area contributed by atoms with Gasteiger partial charge in [0, 0.05) is 0 Å². The molecule has 1 heterocycles. The van der Waals surface area contributed by atoms with Crippen molar-refractivity contribution in [2.24, 2.45) is 0 Å². The van der Waals surface area contributed by atoms with Crippen molar-refractivity contribution in [1.29, 1.82) is 0 Å². The summed E-state index contributed by atoms with van der Waals surface area (Å²) in [6.45, 7) is 8.04. The molecule has 0 bridgehead atoms. The Labute approximate surface area is 193 Å². The van der Waals surface area contributed by atoms with Crippen molar-refractivity contribution in [3.8, 4) is 0 Å². The summed E-state index contributed by atoms with van der Waals surface area (Å²) in [6, 6.07) is 0. The Balaban J connectivity index is 0.00000131. The molecular weight excluding hydrogens is 414 g/mol. The molecular formula is C24H52NO5S+. The van der Waals surface area contributed by atoms with E-state index in [4.69, 9.17) is 9.29 Å². The first-order valence-corrected chi connectivity index (χ1v) is 14.1. The molecule has 0 aromatic heterocycles. The maximum atomic E-state index is 9.33. The number of hydrogen-bond acceptors (Lipinski definition) is 4. The summed E-state index contributed by atoms with van der Waals surface area (Å²) in [4.78, 5) is 0. The Bertz CT molecular complexity index is 478. The second-order valence-electron chi connectivity index (χ2n) is 9.30. The number of ether oxygens (including phenoxy) is 1. The summed E-state index contributed by atoms with van der Waals surface area (Å²) in [5.74, 6) is 0. The van der Waals surface area contributed by atoms with Gasteiger partial charge in [0.2, 0.25) is 0 Å². The Morgan fingerprint density at radius 3 is 1.39 bits per heavy atom. The average Bonchev–Trinajstić information content (AvgIpc) is 2.74. The lowest BCUT2D eigenvalue weighted by Gasteiger charge is -2.37. The SMILES string of the molecule is CCCCCCCCCCCCCCCCCC[N+]1(C)CCOCC1.COS(=O)(=O)O. The summed E-state index contributed by atoms with van der Waals surface area (Å²) in [5, 5.41) is 0. The van der Waals surface area contributed by atoms with Crippen LogP contribution in [0.4, 0.5) is 0 Å². The minimum atomic E-state index is -4.16. The normalized spacial score (nSPS) is 16.0. The smallest absolute Gasteiger partial charge is 0.370 e. The van der Waals surface area contributed by atoms with E-state index in [1.165, 1.54) is 127 Å². The van der Waals surface area contributed by atoms with Crippen molar-refractivity contribution in [2.75, 3.05) is 47.0 Å². The first kappa shape index (κ1) is 30.8. The van der Waals surface area contributed by atoms with Crippen LogP contribution in [0.3, 0.4) is 0 Å². The highest BCUT2D eigenvalue weighted by molar-refractivity contribution is 7.80. The van der Waals surface area contributed by atoms with E-state index in [1.54, 1.807) is 0 Å². The highest BCUT2D eigenvalue weighted by Crippen LogP contribution is 2.15. The molecule has 1 rings (SSSR count). The monoisotopic (exact) mass is 466 g/mol. The summed E-state index contributed by atoms with van der Waals surface area (Å²) in [5.41, 5.74) is 0. The summed E-state index contributed by atoms with van der Waals surface area (Å²) < 4.78 is 36.4. The van der Waals surface area contributed by atoms with Gasteiger partial charge in [-0.15, -0.1) is 0 Å². The van der Waals surface area contributed by atoms with Gasteiger partial charge in [-0.2, -0.15) is 8.42 Å². The van der Waals surface area contributed by atoms with Crippen LogP contribution >= 0.6 is 0 Å². The minimum Gasteiger partial charge on any atom is -0.370 e. The number of morpholine rings is 1. The van der Waals surface area contributed by atoms with E-state index in [0.29, 0.717) is 0 Å². The van der Waals surface area contributed by atoms with Crippen LogP contribution in [-0.4, -0.2) is 64.5 Å². The van der Waals surface area contributed by atoms with E-state index in [2.05, 4.69) is 18.2 Å². The molecule has 7 heteroatoms. The zero-order valence-corrected chi connectivity index (χ0v) is 21.6. The molecule has 6 nitrogen and oxygen atoms in total. The van der Waals surface area contributed by atoms with Crippen molar-refractivity contribution >= 4 is 10.4 Å². The largest absolute Gasteiger partial charge is 0.397 e. The van der Waals surface area contributed by atoms with E-state index in [-0.39, 0.29) is 0 Å². The van der Waals surface area contributed by atoms with Crippen LogP contribution in [-0.2, 0) is 19.3 Å². The molecule has 0 unspecified atom stereocenters. The molecule has 0 spiro atoms. The number of quaternary nitrogens is 1. The maximum absolute atomic E-state index is 9.33. The first-order valence-electron chi connectivity index (χ1n) is 12.8. The van der Waals surface area contributed by atoms with E-state index in [1.807, 2.05) is 0 Å². The fourth-order valence-electron chi connectivity index (χ4n) is 4.05. The third-order valence-electron chi connectivity index (χ3n) is 6.31. The Hall–Kier alpha value is -0.210. The van der Waals surface area contributed by atoms with Gasteiger partial charge < -0.3 is 9.22 Å². The van der Waals surface area contributed by atoms with Gasteiger partial charge in [0.05, 0.1) is 33.9 Å². The van der Waals surface area contributed by atoms with Crippen LogP contribution in [0.2, 0.25) is 0 Å². The molecule has 1 saturated heterocycles. The Morgan fingerprint density at radius 1 is 0.742 bits per heavy atom. The molecule has 1 aliphatic heterocycles. The van der Waals surface area contributed by atoms with Gasteiger partial charge in [-0.25, -0.2) is 0 Å². The van der Waals surface area contributed by atoms with Crippen LogP contribution in [0.1, 0.15) is 110 Å². The number of nitrogens with zero attached hydrogens (tertiary/aromatic N) is 1. The van der Waals surface area contributed by atoms with Crippen molar-refractivity contribution in [2.45, 2.75) is 110 Å². The molecule has 1 fully saturated rings. The van der Waals surface area contributed by atoms with Crippen LogP contribution in [0.15, 0.2) is 0 Å². The summed E-state index contributed by atoms with van der Waals surface area (Å²) >= 11 is 0. The van der Waals surface area contributed by atoms with Crippen LogP contribution in [0, 0.1) is 0 Å². The molecule has 0 atom stereocenters. The molecule has 0 radical (unpaired) electrons. The molecule has 31 heavy (non-hydrogen) atoms. The van der Waals surface area contributed by atoms with Crippen molar-refractivity contribution in [1.82, 2.24) is 0 Å². The highest BCUT2D eigenvalue weighted by atomic mass is 32.3. The third-order valence-corrected chi connectivity index (χ3v) is 6.73. The lowest BCUT2D eigenvalue weighted by atomic mass is 10.0. The zero-order valence-electron chi connectivity index (χ0n) is 20.8. The van der Waals surface area contributed by atoms with E-state index in [9.17, 15) is 8.42 Å². The zero-order chi connectivity index (χ0) is 23.3. The van der Waals surface area contributed by atoms with Crippen molar-refractivity contribution in [3.05, 3.63) is 0 Å². The quantitative estimate of drug-likeness (QED) is 0.149. The summed E-state index contributed by atoms with van der Waals surface area (Å²) in [6.07, 6.45) is 23.3. The topological polar surface area (TPSA) is 72.8 Å². The molecule has 0 amide bonds. The van der Waals surface area contributed by atoms with Gasteiger partial charge in [-0.1, -0.05) is 96.8 Å². The molecule has 1 aliphatic rings. The number of rotatable bonds is 18. The third kappa shape index (κ3) is 22.8. The Morgan fingerprint density at radius 2 is 1.06 bits per heavy atom. The van der Waals surface area contributed by atoms with E-state index >= 15 is 0 Å². The predicted octanol–water partition coefficient (Wildman–Crippen LogP) is 6.16. The molecule has 0 aromatic rings. The van der Waals surface area contributed by atoms with Gasteiger partial charge in [0.25, 0.3) is 0 Å². The Kier molecular flexibility index (Phi) is 20.3. The van der Waals surface area contributed by atoms with Gasteiger partial charge >= 0.3 is 10.4 Å². The summed E-state index contributed by atoms with van der Waals surface area (Å²) in [7, 11) is -0.881. The van der Waals surface area contributed by atoms with Crippen molar-refractivity contribution in [3.63, 3.8) is 0 Å². The van der Waals surface area contributed by atoms with Gasteiger partial charge in [0.1, 0.15) is 13.1 Å². The predicted molar refractivity (Wildman–Crippen MR) is 130 cm³/mol. The number of likely N-dealkylation sites (N-methyl/N-ethyl adjacent to an activating group) is 1. The van der Waals surface area contributed by atoms with E-state index in [0.717, 1.165) is 20.3 Å². The number of hydrogen-bond donors (Lipinski definition) is 1. The van der Waals surface area contributed by atoms with Crippen molar-refractivity contribution < 1.29 is 26.4 Å². The highest BCUT2D eigenvalue weighted by Gasteiger charge is 2.24. The standard InChI is InChI=1S/C23H48NO.CH4O4S/c1-3-4-5-6-7-8-9-10-11-12-13-14-15-16-17-18-19-24(2)20-22-25-23-21-24;1-5-6(2,3)4/h3-23H2,1-2H3;1H3,(H,2,3,4)/q+1;. The lowest BCUT2D eigenvalue weighted by Crippen LogP contribution is -2.52. The first-order chi connectivity index (χ1) is 14.8. The molecule has 0 saturated carbocycles. The second kappa shape index (κ2) is 20.4. The van der Waals surface area contributed by atoms with E-state index < -0.39 is 10.4 Å². The fraction of sp³-hybridized carbons (Fsp3) is 1.00. The van der Waals surface area contributed by atoms with Crippen LogP contribution < -0.4 is 0 Å². The van der Waals surface area contributed by atoms with Gasteiger partial charge in [-0.3, -0.25) is 8.74 Å². The lowest BCUT2D eigenvalue weighted by molar-refractivity contribution is -0.917. The fourth-order valence-corrected chi connectivity index (χ4v) is 4.05. The second-order valence-corrected chi connectivity index (χ2v) is 10.5. The maximum Gasteiger partial charge on any atom is 0.397 e. The van der Waals surface area contributed by atoms with Gasteiger partial charge in [-0.05, 0) is 12.8 Å². The molecule has 188 valence electrons. The number of unbranched alkanes of at least 4 members (excludes halogenated alkanes) is 15. The molecule has 0 aromatic carbocycles. The molecule has 1 N–H and O–H groups in total.